The number of methoxy groups -OCH3 is 1. The predicted molar refractivity (Wildman–Crippen MR) is 88.9 cm³/mol. The Morgan fingerprint density at radius 1 is 1.21 bits per heavy atom. The van der Waals surface area contributed by atoms with Crippen LogP contribution in [0.5, 0.6) is 17.2 Å². The van der Waals surface area contributed by atoms with Crippen LogP contribution in [0.1, 0.15) is 10.5 Å². The molecule has 0 atom stereocenters. The van der Waals surface area contributed by atoms with E-state index in [4.69, 9.17) is 4.74 Å². The fourth-order valence-corrected chi connectivity index (χ4v) is 2.74. The summed E-state index contributed by atoms with van der Waals surface area (Å²) in [4.78, 5) is 15.8. The maximum absolute atomic E-state index is 13.0. The molecule has 1 aromatic heterocycles. The van der Waals surface area contributed by atoms with Crippen molar-refractivity contribution in [1.82, 2.24) is 4.98 Å². The molecule has 0 unspecified atom stereocenters. The Labute approximate surface area is 144 Å². The van der Waals surface area contributed by atoms with Crippen molar-refractivity contribution in [3.8, 4) is 17.2 Å². The molecule has 0 aliphatic heterocycles. The van der Waals surface area contributed by atoms with Crippen molar-refractivity contribution in [2.75, 3.05) is 7.11 Å². The summed E-state index contributed by atoms with van der Waals surface area (Å²) >= 11 is 3.27. The van der Waals surface area contributed by atoms with Gasteiger partial charge >= 0.3 is 5.97 Å². The van der Waals surface area contributed by atoms with E-state index < -0.39 is 5.97 Å². The average Bonchev–Trinajstić information content (AvgIpc) is 2.59. The molecule has 3 aromatic rings. The van der Waals surface area contributed by atoms with Crippen LogP contribution in [-0.4, -0.2) is 23.2 Å². The van der Waals surface area contributed by atoms with Crippen LogP contribution < -0.4 is 4.74 Å². The maximum Gasteiger partial charge on any atom is 0.360 e. The Hall–Kier alpha value is -2.67. The lowest BCUT2D eigenvalue weighted by Gasteiger charge is -2.13. The minimum atomic E-state index is -0.772. The van der Waals surface area contributed by atoms with Gasteiger partial charge in [0.05, 0.1) is 12.5 Å². The van der Waals surface area contributed by atoms with Gasteiger partial charge in [0.15, 0.2) is 11.4 Å². The highest BCUT2D eigenvalue weighted by atomic mass is 79.9. The summed E-state index contributed by atoms with van der Waals surface area (Å²) in [7, 11) is 1.20. The first kappa shape index (κ1) is 16.2. The van der Waals surface area contributed by atoms with Gasteiger partial charge in [-0.2, -0.15) is 0 Å². The third kappa shape index (κ3) is 2.90. The molecule has 0 aliphatic rings. The number of rotatable bonds is 3. The second-order valence-electron chi connectivity index (χ2n) is 4.83. The Morgan fingerprint density at radius 2 is 1.92 bits per heavy atom. The van der Waals surface area contributed by atoms with Crippen LogP contribution in [0.3, 0.4) is 0 Å². The number of fused-ring (bicyclic) bond motifs is 1. The number of aromatic hydroxyl groups is 1. The van der Waals surface area contributed by atoms with E-state index in [1.807, 2.05) is 0 Å². The molecular formula is C17H11BrFNO4. The van der Waals surface area contributed by atoms with Gasteiger partial charge in [0.25, 0.3) is 0 Å². The third-order valence-electron chi connectivity index (χ3n) is 3.34. The van der Waals surface area contributed by atoms with Gasteiger partial charge in [0.2, 0.25) is 0 Å². The van der Waals surface area contributed by atoms with Crippen molar-refractivity contribution < 1.29 is 23.8 Å². The van der Waals surface area contributed by atoms with Gasteiger partial charge < -0.3 is 14.6 Å². The summed E-state index contributed by atoms with van der Waals surface area (Å²) in [5.41, 5.74) is -0.230. The summed E-state index contributed by atoms with van der Waals surface area (Å²) in [6.45, 7) is 0. The van der Waals surface area contributed by atoms with Crippen LogP contribution in [-0.2, 0) is 4.74 Å². The minimum Gasteiger partial charge on any atom is -0.505 e. The molecular weight excluding hydrogens is 381 g/mol. The summed E-state index contributed by atoms with van der Waals surface area (Å²) in [5, 5.41) is 11.3. The molecule has 0 spiro atoms. The van der Waals surface area contributed by atoms with Gasteiger partial charge in [-0.05, 0) is 46.3 Å². The molecule has 1 N–H and O–H groups in total. The number of carbonyl (C=O) groups is 1. The van der Waals surface area contributed by atoms with E-state index in [0.29, 0.717) is 26.9 Å². The van der Waals surface area contributed by atoms with Crippen LogP contribution in [0.15, 0.2) is 47.1 Å². The molecule has 0 amide bonds. The molecule has 3 rings (SSSR count). The monoisotopic (exact) mass is 391 g/mol. The van der Waals surface area contributed by atoms with Gasteiger partial charge in [-0.15, -0.1) is 0 Å². The molecule has 0 radical (unpaired) electrons. The lowest BCUT2D eigenvalue weighted by atomic mass is 10.1. The molecule has 0 fully saturated rings. The highest BCUT2D eigenvalue weighted by molar-refractivity contribution is 9.10. The number of esters is 1. The number of ether oxygens (including phenoxy) is 2. The fraction of sp³-hybridized carbons (Fsp3) is 0.0588. The second kappa shape index (κ2) is 6.45. The molecule has 0 saturated carbocycles. The lowest BCUT2D eigenvalue weighted by Crippen LogP contribution is -2.05. The SMILES string of the molecule is COC(=O)c1nc(Br)c2cccc(Oc3ccc(F)cc3)c2c1O. The highest BCUT2D eigenvalue weighted by Crippen LogP contribution is 2.40. The van der Waals surface area contributed by atoms with Crippen molar-refractivity contribution in [3.63, 3.8) is 0 Å². The molecule has 122 valence electrons. The van der Waals surface area contributed by atoms with Crippen LogP contribution in [0.2, 0.25) is 0 Å². The molecule has 24 heavy (non-hydrogen) atoms. The van der Waals surface area contributed by atoms with E-state index in [9.17, 15) is 14.3 Å². The molecule has 1 heterocycles. The molecule has 7 heteroatoms. The van der Waals surface area contributed by atoms with Crippen LogP contribution >= 0.6 is 15.9 Å². The Bertz CT molecular complexity index is 928. The molecule has 5 nitrogen and oxygen atoms in total. The topological polar surface area (TPSA) is 68.7 Å². The van der Waals surface area contributed by atoms with Crippen LogP contribution in [0.4, 0.5) is 4.39 Å². The predicted octanol–water partition coefficient (Wildman–Crippen LogP) is 4.42. The molecule has 0 aliphatic carbocycles. The quantitative estimate of drug-likeness (QED) is 0.528. The number of aromatic nitrogens is 1. The van der Waals surface area contributed by atoms with Gasteiger partial charge in [0, 0.05) is 5.39 Å². The second-order valence-corrected chi connectivity index (χ2v) is 5.58. The summed E-state index contributed by atoms with van der Waals surface area (Å²) < 4.78 is 23.7. The zero-order valence-electron chi connectivity index (χ0n) is 12.4. The number of carbonyl (C=O) groups excluding carboxylic acids is 1. The van der Waals surface area contributed by atoms with Crippen molar-refractivity contribution in [2.45, 2.75) is 0 Å². The summed E-state index contributed by atoms with van der Waals surface area (Å²) in [5.74, 6) is -0.826. The molecule has 0 bridgehead atoms. The number of halogens is 2. The van der Waals surface area contributed by atoms with Gasteiger partial charge in [-0.25, -0.2) is 14.2 Å². The first-order chi connectivity index (χ1) is 11.5. The first-order valence-electron chi connectivity index (χ1n) is 6.84. The fourth-order valence-electron chi connectivity index (χ4n) is 2.23. The Morgan fingerprint density at radius 3 is 2.58 bits per heavy atom. The molecule has 0 saturated heterocycles. The highest BCUT2D eigenvalue weighted by Gasteiger charge is 2.21. The number of hydrogen-bond donors (Lipinski definition) is 1. The zero-order valence-corrected chi connectivity index (χ0v) is 14.0. The molecule has 2 aromatic carbocycles. The van der Waals surface area contributed by atoms with Crippen molar-refractivity contribution in [1.29, 1.82) is 0 Å². The average molecular weight is 392 g/mol. The summed E-state index contributed by atoms with van der Waals surface area (Å²) in [6, 6.07) is 10.5. The largest absolute Gasteiger partial charge is 0.505 e. The standard InChI is InChI=1S/C17H11BrFNO4/c1-23-17(22)14-15(21)13-11(16(18)20-14)3-2-4-12(13)24-10-7-5-9(19)6-8-10/h2-8,21H,1H3. The van der Waals surface area contributed by atoms with Gasteiger partial charge in [-0.1, -0.05) is 12.1 Å². The number of pyridine rings is 1. The van der Waals surface area contributed by atoms with Crippen LogP contribution in [0.25, 0.3) is 10.8 Å². The Balaban J connectivity index is 2.19. The van der Waals surface area contributed by atoms with E-state index in [2.05, 4.69) is 25.7 Å². The van der Waals surface area contributed by atoms with E-state index in [1.165, 1.54) is 31.4 Å². The van der Waals surface area contributed by atoms with E-state index in [-0.39, 0.29) is 17.3 Å². The third-order valence-corrected chi connectivity index (χ3v) is 3.94. The van der Waals surface area contributed by atoms with Crippen molar-refractivity contribution in [2.24, 2.45) is 0 Å². The van der Waals surface area contributed by atoms with Gasteiger partial charge in [-0.3, -0.25) is 0 Å². The normalized spacial score (nSPS) is 10.6. The van der Waals surface area contributed by atoms with Crippen molar-refractivity contribution in [3.05, 3.63) is 58.6 Å². The van der Waals surface area contributed by atoms with E-state index >= 15 is 0 Å². The zero-order chi connectivity index (χ0) is 17.3. The number of hydrogen-bond acceptors (Lipinski definition) is 5. The minimum absolute atomic E-state index is 0.230. The Kier molecular flexibility index (Phi) is 4.35. The lowest BCUT2D eigenvalue weighted by molar-refractivity contribution is 0.0590. The first-order valence-corrected chi connectivity index (χ1v) is 7.63. The van der Waals surface area contributed by atoms with Crippen molar-refractivity contribution >= 4 is 32.7 Å². The smallest absolute Gasteiger partial charge is 0.360 e. The van der Waals surface area contributed by atoms with E-state index in [0.717, 1.165) is 0 Å². The van der Waals surface area contributed by atoms with Crippen LogP contribution in [0, 0.1) is 5.82 Å². The summed E-state index contributed by atoms with van der Waals surface area (Å²) in [6.07, 6.45) is 0. The maximum atomic E-state index is 13.0. The number of benzene rings is 2. The van der Waals surface area contributed by atoms with Gasteiger partial charge in [0.1, 0.15) is 21.9 Å². The van der Waals surface area contributed by atoms with E-state index in [1.54, 1.807) is 18.2 Å². The number of nitrogens with zero attached hydrogens (tertiary/aromatic N) is 1.